The van der Waals surface area contributed by atoms with Crippen LogP contribution in [0.15, 0.2) is 49.6 Å². The Morgan fingerprint density at radius 1 is 1.53 bits per heavy atom. The van der Waals surface area contributed by atoms with Crippen molar-refractivity contribution in [2.24, 2.45) is 0 Å². The molecule has 0 fully saturated rings. The molecule has 0 radical (unpaired) electrons. The van der Waals surface area contributed by atoms with Gasteiger partial charge in [-0.2, -0.15) is 0 Å². The van der Waals surface area contributed by atoms with Gasteiger partial charge in [-0.3, -0.25) is 10.1 Å². The van der Waals surface area contributed by atoms with E-state index in [4.69, 9.17) is 4.74 Å². The van der Waals surface area contributed by atoms with E-state index in [1.807, 2.05) is 0 Å². The molecule has 1 aromatic heterocycles. The number of nitro benzene ring substituents is 1. The molecule has 0 spiro atoms. The van der Waals surface area contributed by atoms with E-state index in [-0.39, 0.29) is 12.3 Å². The van der Waals surface area contributed by atoms with Crippen LogP contribution in [-0.2, 0) is 11.3 Å². The van der Waals surface area contributed by atoms with Crippen LogP contribution >= 0.6 is 0 Å². The summed E-state index contributed by atoms with van der Waals surface area (Å²) in [4.78, 5) is 14.4. The van der Waals surface area contributed by atoms with Crippen LogP contribution < -0.4 is 0 Å². The number of aromatic nitrogens is 2. The summed E-state index contributed by atoms with van der Waals surface area (Å²) in [6.07, 6.45) is 6.69. The van der Waals surface area contributed by atoms with Gasteiger partial charge in [0, 0.05) is 30.1 Å². The molecule has 0 aliphatic carbocycles. The lowest BCUT2D eigenvalue weighted by Crippen LogP contribution is -2.02. The van der Waals surface area contributed by atoms with Gasteiger partial charge in [-0.25, -0.2) is 4.98 Å². The Hall–Kier alpha value is -2.47. The maximum Gasteiger partial charge on any atom is 0.269 e. The van der Waals surface area contributed by atoms with Crippen molar-refractivity contribution >= 4 is 5.69 Å². The lowest BCUT2D eigenvalue weighted by molar-refractivity contribution is -0.384. The SMILES string of the molecule is C=CCOCc1cc([N+](=O)[O-])ccc1-n1ccnc1. The lowest BCUT2D eigenvalue weighted by Gasteiger charge is -2.10. The summed E-state index contributed by atoms with van der Waals surface area (Å²) in [5.74, 6) is 0. The fourth-order valence-electron chi connectivity index (χ4n) is 1.71. The molecule has 0 bridgehead atoms. The zero-order valence-corrected chi connectivity index (χ0v) is 10.2. The van der Waals surface area contributed by atoms with Crippen molar-refractivity contribution in [1.29, 1.82) is 0 Å². The lowest BCUT2D eigenvalue weighted by atomic mass is 10.1. The molecule has 0 aliphatic rings. The minimum atomic E-state index is -0.422. The topological polar surface area (TPSA) is 70.2 Å². The minimum absolute atomic E-state index is 0.0427. The van der Waals surface area contributed by atoms with Gasteiger partial charge in [0.05, 0.1) is 30.2 Å². The molecule has 2 aromatic rings. The molecule has 19 heavy (non-hydrogen) atoms. The molecular formula is C13H13N3O3. The van der Waals surface area contributed by atoms with Crippen LogP contribution in [0.5, 0.6) is 0 Å². The first-order valence-corrected chi connectivity index (χ1v) is 5.66. The predicted molar refractivity (Wildman–Crippen MR) is 70.1 cm³/mol. The number of benzene rings is 1. The third-order valence-electron chi connectivity index (χ3n) is 2.55. The van der Waals surface area contributed by atoms with E-state index in [0.717, 1.165) is 11.3 Å². The second-order valence-electron chi connectivity index (χ2n) is 3.84. The predicted octanol–water partition coefficient (Wildman–Crippen LogP) is 2.48. The highest BCUT2D eigenvalue weighted by atomic mass is 16.6. The molecule has 0 aliphatic heterocycles. The van der Waals surface area contributed by atoms with Gasteiger partial charge >= 0.3 is 0 Å². The number of nitrogens with zero attached hydrogens (tertiary/aromatic N) is 3. The summed E-state index contributed by atoms with van der Waals surface area (Å²) in [5, 5.41) is 10.8. The van der Waals surface area contributed by atoms with Gasteiger partial charge in [-0.15, -0.1) is 6.58 Å². The first-order valence-electron chi connectivity index (χ1n) is 5.66. The standard InChI is InChI=1S/C13H13N3O3/c1-2-7-19-9-11-8-12(16(17)18)3-4-13(11)15-6-5-14-10-15/h2-6,8,10H,1,7,9H2. The van der Waals surface area contributed by atoms with Crippen molar-refractivity contribution in [3.05, 3.63) is 65.3 Å². The molecule has 0 atom stereocenters. The molecule has 0 amide bonds. The number of ether oxygens (including phenoxy) is 1. The second-order valence-corrected chi connectivity index (χ2v) is 3.84. The summed E-state index contributed by atoms with van der Waals surface area (Å²) in [7, 11) is 0. The fourth-order valence-corrected chi connectivity index (χ4v) is 1.71. The number of imidazole rings is 1. The molecule has 1 aromatic carbocycles. The monoisotopic (exact) mass is 259 g/mol. The van der Waals surface area contributed by atoms with Crippen LogP contribution in [0.4, 0.5) is 5.69 Å². The summed E-state index contributed by atoms with van der Waals surface area (Å²) < 4.78 is 7.16. The third kappa shape index (κ3) is 3.05. The highest BCUT2D eigenvalue weighted by Crippen LogP contribution is 2.22. The molecular weight excluding hydrogens is 246 g/mol. The van der Waals surface area contributed by atoms with Gasteiger partial charge in [-0.05, 0) is 6.07 Å². The minimum Gasteiger partial charge on any atom is -0.373 e. The average Bonchev–Trinajstić information content (AvgIpc) is 2.92. The number of rotatable bonds is 6. The first-order chi connectivity index (χ1) is 9.22. The van der Waals surface area contributed by atoms with E-state index in [0.29, 0.717) is 6.61 Å². The molecule has 0 saturated carbocycles. The normalized spacial score (nSPS) is 10.3. The van der Waals surface area contributed by atoms with Crippen LogP contribution in [0.3, 0.4) is 0 Å². The number of non-ortho nitro benzene ring substituents is 1. The van der Waals surface area contributed by atoms with Gasteiger partial charge in [0.1, 0.15) is 0 Å². The Morgan fingerprint density at radius 2 is 2.37 bits per heavy atom. The zero-order chi connectivity index (χ0) is 13.7. The first kappa shape index (κ1) is 13.0. The van der Waals surface area contributed by atoms with E-state index in [1.165, 1.54) is 12.1 Å². The fraction of sp³-hybridized carbons (Fsp3) is 0.154. The van der Waals surface area contributed by atoms with Crippen molar-refractivity contribution in [3.63, 3.8) is 0 Å². The number of hydrogen-bond acceptors (Lipinski definition) is 4. The van der Waals surface area contributed by atoms with Crippen molar-refractivity contribution in [2.45, 2.75) is 6.61 Å². The average molecular weight is 259 g/mol. The number of hydrogen-bond donors (Lipinski definition) is 0. The maximum atomic E-state index is 10.8. The van der Waals surface area contributed by atoms with Crippen LogP contribution in [0.2, 0.25) is 0 Å². The molecule has 0 saturated heterocycles. The summed E-state index contributed by atoms with van der Waals surface area (Å²) in [6.45, 7) is 4.24. The molecule has 2 rings (SSSR count). The van der Waals surface area contributed by atoms with Gasteiger partial charge in [0.25, 0.3) is 5.69 Å². The van der Waals surface area contributed by atoms with E-state index in [1.54, 1.807) is 35.4 Å². The molecule has 6 nitrogen and oxygen atoms in total. The van der Waals surface area contributed by atoms with Gasteiger partial charge in [-0.1, -0.05) is 6.08 Å². The van der Waals surface area contributed by atoms with Gasteiger partial charge < -0.3 is 9.30 Å². The zero-order valence-electron chi connectivity index (χ0n) is 10.2. The highest BCUT2D eigenvalue weighted by Gasteiger charge is 2.11. The quantitative estimate of drug-likeness (QED) is 0.346. The Bertz CT molecular complexity index is 579. The summed E-state index contributed by atoms with van der Waals surface area (Å²) in [5.41, 5.74) is 1.59. The van der Waals surface area contributed by atoms with Crippen molar-refractivity contribution in [2.75, 3.05) is 6.61 Å². The largest absolute Gasteiger partial charge is 0.373 e. The maximum absolute atomic E-state index is 10.8. The Morgan fingerprint density at radius 3 is 3.00 bits per heavy atom. The molecule has 6 heteroatoms. The molecule has 1 heterocycles. The van der Waals surface area contributed by atoms with Crippen LogP contribution in [-0.4, -0.2) is 21.1 Å². The van der Waals surface area contributed by atoms with Crippen molar-refractivity contribution < 1.29 is 9.66 Å². The smallest absolute Gasteiger partial charge is 0.269 e. The third-order valence-corrected chi connectivity index (χ3v) is 2.55. The van der Waals surface area contributed by atoms with E-state index >= 15 is 0 Å². The van der Waals surface area contributed by atoms with Crippen LogP contribution in [0.25, 0.3) is 5.69 Å². The molecule has 98 valence electrons. The Labute approximate surface area is 110 Å². The molecule has 0 unspecified atom stereocenters. The van der Waals surface area contributed by atoms with E-state index in [2.05, 4.69) is 11.6 Å². The molecule has 0 N–H and O–H groups in total. The van der Waals surface area contributed by atoms with E-state index < -0.39 is 4.92 Å². The second kappa shape index (κ2) is 5.92. The summed E-state index contributed by atoms with van der Waals surface area (Å²) in [6, 6.07) is 4.66. The number of nitro groups is 1. The van der Waals surface area contributed by atoms with Gasteiger partial charge in [0.2, 0.25) is 0 Å². The van der Waals surface area contributed by atoms with Gasteiger partial charge in [0.15, 0.2) is 0 Å². The highest BCUT2D eigenvalue weighted by molar-refractivity contribution is 5.48. The van der Waals surface area contributed by atoms with E-state index in [9.17, 15) is 10.1 Å². The van der Waals surface area contributed by atoms with Crippen molar-refractivity contribution in [3.8, 4) is 5.69 Å². The van der Waals surface area contributed by atoms with Crippen molar-refractivity contribution in [1.82, 2.24) is 9.55 Å². The van der Waals surface area contributed by atoms with Crippen LogP contribution in [0.1, 0.15) is 5.56 Å². The summed E-state index contributed by atoms with van der Waals surface area (Å²) >= 11 is 0. The Kier molecular flexibility index (Phi) is 4.04. The van der Waals surface area contributed by atoms with Crippen LogP contribution in [0, 0.1) is 10.1 Å². The Balaban J connectivity index is 2.35.